The molecule has 0 unspecified atom stereocenters. The van der Waals surface area contributed by atoms with Crippen molar-refractivity contribution in [1.29, 1.82) is 0 Å². The van der Waals surface area contributed by atoms with Crippen LogP contribution in [0.4, 0.5) is 5.69 Å². The maximum absolute atomic E-state index is 11.8. The van der Waals surface area contributed by atoms with Gasteiger partial charge in [0.1, 0.15) is 0 Å². The fraction of sp³-hybridized carbons (Fsp3) is 0.211. The molecule has 0 aliphatic heterocycles. The van der Waals surface area contributed by atoms with Gasteiger partial charge in [-0.2, -0.15) is 5.10 Å². The molecule has 0 atom stereocenters. The van der Waals surface area contributed by atoms with Crippen LogP contribution >= 0.6 is 11.6 Å². The first-order valence-corrected chi connectivity index (χ1v) is 8.14. The van der Waals surface area contributed by atoms with Crippen molar-refractivity contribution >= 4 is 35.3 Å². The number of anilines is 1. The first-order chi connectivity index (χ1) is 11.8. The maximum atomic E-state index is 11.8. The predicted octanol–water partition coefficient (Wildman–Crippen LogP) is 3.73. The number of hydrazone groups is 1. The number of benzene rings is 2. The van der Waals surface area contributed by atoms with Gasteiger partial charge in [0.25, 0.3) is 0 Å². The number of carbonyl (C=O) groups is 2. The Kier molecular flexibility index (Phi) is 5.93. The summed E-state index contributed by atoms with van der Waals surface area (Å²) in [7, 11) is 0. The zero-order valence-corrected chi connectivity index (χ0v) is 15.1. The van der Waals surface area contributed by atoms with E-state index in [0.717, 1.165) is 5.56 Å². The van der Waals surface area contributed by atoms with Crippen molar-refractivity contribution in [3.05, 3.63) is 64.7 Å². The summed E-state index contributed by atoms with van der Waals surface area (Å²) in [4.78, 5) is 23.5. The molecule has 0 heterocycles. The van der Waals surface area contributed by atoms with Crippen molar-refractivity contribution in [2.75, 3.05) is 5.32 Å². The zero-order chi connectivity index (χ0) is 18.4. The van der Waals surface area contributed by atoms with Crippen LogP contribution in [0.5, 0.6) is 0 Å². The molecule has 0 aliphatic carbocycles. The van der Waals surface area contributed by atoms with Crippen LogP contribution in [0.15, 0.2) is 53.6 Å². The van der Waals surface area contributed by atoms with Crippen molar-refractivity contribution in [3.63, 3.8) is 0 Å². The number of carbonyl (C=O) groups excluding carboxylic acids is 2. The van der Waals surface area contributed by atoms with Crippen LogP contribution in [0.2, 0.25) is 5.02 Å². The SMILES string of the molecule is CC(C)(C)c1ccc(/C=N\NC(=O)C(=O)Nc2ccc(Cl)cc2)cc1. The molecular weight excluding hydrogens is 338 g/mol. The normalized spacial score (nSPS) is 11.4. The minimum Gasteiger partial charge on any atom is -0.318 e. The highest BCUT2D eigenvalue weighted by Gasteiger charge is 2.13. The summed E-state index contributed by atoms with van der Waals surface area (Å²) in [6, 6.07) is 14.3. The Bertz CT molecular complexity index is 776. The fourth-order valence-corrected chi connectivity index (χ4v) is 2.13. The van der Waals surface area contributed by atoms with Crippen LogP contribution in [-0.4, -0.2) is 18.0 Å². The number of amides is 2. The summed E-state index contributed by atoms with van der Waals surface area (Å²) in [5, 5.41) is 6.81. The number of hydrogen-bond acceptors (Lipinski definition) is 3. The predicted molar refractivity (Wildman–Crippen MR) is 101 cm³/mol. The number of nitrogens with zero attached hydrogens (tertiary/aromatic N) is 1. The molecule has 0 aromatic heterocycles. The van der Waals surface area contributed by atoms with Gasteiger partial charge in [-0.1, -0.05) is 56.6 Å². The van der Waals surface area contributed by atoms with E-state index in [4.69, 9.17) is 11.6 Å². The second kappa shape index (κ2) is 7.94. The Morgan fingerprint density at radius 1 is 0.960 bits per heavy atom. The molecule has 2 aromatic carbocycles. The van der Waals surface area contributed by atoms with Crippen molar-refractivity contribution < 1.29 is 9.59 Å². The molecular formula is C19H20ClN3O2. The monoisotopic (exact) mass is 357 g/mol. The van der Waals surface area contributed by atoms with Gasteiger partial charge in [0, 0.05) is 10.7 Å². The highest BCUT2D eigenvalue weighted by Crippen LogP contribution is 2.21. The van der Waals surface area contributed by atoms with Gasteiger partial charge in [-0.3, -0.25) is 9.59 Å². The minimum atomic E-state index is -0.850. The van der Waals surface area contributed by atoms with Gasteiger partial charge >= 0.3 is 11.8 Å². The van der Waals surface area contributed by atoms with Crippen molar-refractivity contribution in [2.45, 2.75) is 26.2 Å². The maximum Gasteiger partial charge on any atom is 0.329 e. The fourth-order valence-electron chi connectivity index (χ4n) is 2.01. The first-order valence-electron chi connectivity index (χ1n) is 7.76. The Balaban J connectivity index is 1.89. The molecule has 0 fully saturated rings. The molecule has 2 N–H and O–H groups in total. The lowest BCUT2D eigenvalue weighted by atomic mass is 9.87. The summed E-state index contributed by atoms with van der Waals surface area (Å²) in [6.45, 7) is 6.40. The summed E-state index contributed by atoms with van der Waals surface area (Å²) < 4.78 is 0. The lowest BCUT2D eigenvalue weighted by molar-refractivity contribution is -0.136. The number of rotatable bonds is 3. The second-order valence-corrected chi connectivity index (χ2v) is 6.97. The van der Waals surface area contributed by atoms with Crippen molar-refractivity contribution in [1.82, 2.24) is 5.43 Å². The lowest BCUT2D eigenvalue weighted by Crippen LogP contribution is -2.32. The average molecular weight is 358 g/mol. The molecule has 0 saturated heterocycles. The number of nitrogens with one attached hydrogen (secondary N) is 2. The molecule has 25 heavy (non-hydrogen) atoms. The number of hydrogen-bond donors (Lipinski definition) is 2. The van der Waals surface area contributed by atoms with Crippen molar-refractivity contribution in [2.24, 2.45) is 5.10 Å². The third kappa shape index (κ3) is 5.72. The van der Waals surface area contributed by atoms with Gasteiger partial charge in [0.2, 0.25) is 0 Å². The molecule has 0 radical (unpaired) electrons. The molecule has 2 amide bonds. The molecule has 2 rings (SSSR count). The van der Waals surface area contributed by atoms with Crippen LogP contribution in [-0.2, 0) is 15.0 Å². The van der Waals surface area contributed by atoms with Gasteiger partial charge in [0.15, 0.2) is 0 Å². The first kappa shape index (κ1) is 18.7. The topological polar surface area (TPSA) is 70.6 Å². The molecule has 130 valence electrons. The summed E-state index contributed by atoms with van der Waals surface area (Å²) in [6.07, 6.45) is 1.49. The summed E-state index contributed by atoms with van der Waals surface area (Å²) >= 11 is 5.76. The van der Waals surface area contributed by atoms with Crippen LogP contribution in [0.3, 0.4) is 0 Å². The molecule has 6 heteroatoms. The second-order valence-electron chi connectivity index (χ2n) is 6.53. The third-order valence-corrected chi connectivity index (χ3v) is 3.72. The molecule has 0 spiro atoms. The van der Waals surface area contributed by atoms with E-state index in [1.54, 1.807) is 24.3 Å². The molecule has 0 saturated carbocycles. The lowest BCUT2D eigenvalue weighted by Gasteiger charge is -2.18. The molecule has 2 aromatic rings. The Labute approximate surface area is 152 Å². The van der Waals surface area contributed by atoms with E-state index < -0.39 is 11.8 Å². The van der Waals surface area contributed by atoms with Crippen LogP contribution < -0.4 is 10.7 Å². The van der Waals surface area contributed by atoms with Crippen LogP contribution in [0.25, 0.3) is 0 Å². The van der Waals surface area contributed by atoms with Gasteiger partial charge < -0.3 is 5.32 Å². The molecule has 5 nitrogen and oxygen atoms in total. The highest BCUT2D eigenvalue weighted by atomic mass is 35.5. The quantitative estimate of drug-likeness (QED) is 0.499. The van der Waals surface area contributed by atoms with Crippen LogP contribution in [0, 0.1) is 0 Å². The van der Waals surface area contributed by atoms with E-state index in [1.165, 1.54) is 11.8 Å². The van der Waals surface area contributed by atoms with E-state index in [0.29, 0.717) is 10.7 Å². The van der Waals surface area contributed by atoms with Gasteiger partial charge in [-0.05, 0) is 40.8 Å². The van der Waals surface area contributed by atoms with Gasteiger partial charge in [0.05, 0.1) is 6.21 Å². The average Bonchev–Trinajstić information content (AvgIpc) is 2.56. The number of halogens is 1. The third-order valence-electron chi connectivity index (χ3n) is 3.46. The highest BCUT2D eigenvalue weighted by molar-refractivity contribution is 6.39. The van der Waals surface area contributed by atoms with Gasteiger partial charge in [-0.25, -0.2) is 5.43 Å². The van der Waals surface area contributed by atoms with E-state index in [2.05, 4.69) is 36.6 Å². The summed E-state index contributed by atoms with van der Waals surface area (Å²) in [5.74, 6) is -1.65. The Hall–Kier alpha value is -2.66. The Morgan fingerprint density at radius 2 is 1.56 bits per heavy atom. The van der Waals surface area contributed by atoms with Crippen LogP contribution in [0.1, 0.15) is 31.9 Å². The Morgan fingerprint density at radius 3 is 2.12 bits per heavy atom. The van der Waals surface area contributed by atoms with E-state index in [9.17, 15) is 9.59 Å². The zero-order valence-electron chi connectivity index (χ0n) is 14.3. The van der Waals surface area contributed by atoms with Gasteiger partial charge in [-0.15, -0.1) is 0 Å². The molecule has 0 bridgehead atoms. The largest absolute Gasteiger partial charge is 0.329 e. The molecule has 0 aliphatic rings. The van der Waals surface area contributed by atoms with E-state index in [-0.39, 0.29) is 5.41 Å². The smallest absolute Gasteiger partial charge is 0.318 e. The minimum absolute atomic E-state index is 0.0731. The summed E-state index contributed by atoms with van der Waals surface area (Å²) in [5.41, 5.74) is 4.78. The van der Waals surface area contributed by atoms with E-state index in [1.807, 2.05) is 24.3 Å². The standard InChI is InChI=1S/C19H20ClN3O2/c1-19(2,3)14-6-4-13(5-7-14)12-21-23-18(25)17(24)22-16-10-8-15(20)9-11-16/h4-12H,1-3H3,(H,22,24)(H,23,25)/b21-12-. The van der Waals surface area contributed by atoms with E-state index >= 15 is 0 Å². The van der Waals surface area contributed by atoms with Crippen molar-refractivity contribution in [3.8, 4) is 0 Å².